The van der Waals surface area contributed by atoms with Crippen molar-refractivity contribution in [3.05, 3.63) is 11.6 Å². The number of anilines is 1. The zero-order valence-corrected chi connectivity index (χ0v) is 12.8. The summed E-state index contributed by atoms with van der Waals surface area (Å²) in [6.45, 7) is 1.23. The number of fused-ring (bicyclic) bond motifs is 1. The van der Waals surface area contributed by atoms with Crippen molar-refractivity contribution < 1.29 is 27.8 Å². The molecule has 0 radical (unpaired) electrons. The van der Waals surface area contributed by atoms with Crippen LogP contribution in [0, 0.1) is 0 Å². The molecule has 1 aromatic heterocycles. The van der Waals surface area contributed by atoms with Crippen molar-refractivity contribution in [3.63, 3.8) is 0 Å². The second-order valence-corrected chi connectivity index (χ2v) is 5.55. The number of hydrogen-bond acceptors (Lipinski definition) is 6. The van der Waals surface area contributed by atoms with Crippen LogP contribution in [0.5, 0.6) is 11.6 Å². The van der Waals surface area contributed by atoms with Crippen molar-refractivity contribution in [2.75, 3.05) is 38.3 Å². The van der Waals surface area contributed by atoms with Gasteiger partial charge >= 0.3 is 5.97 Å². The van der Waals surface area contributed by atoms with Gasteiger partial charge in [0.2, 0.25) is 5.92 Å². The smallest absolute Gasteiger partial charge is 0.341 e. The van der Waals surface area contributed by atoms with E-state index in [0.717, 1.165) is 0 Å². The maximum atomic E-state index is 13.6. The zero-order valence-electron chi connectivity index (χ0n) is 12.8. The van der Waals surface area contributed by atoms with Crippen LogP contribution in [0.1, 0.15) is 29.6 Å². The second-order valence-electron chi connectivity index (χ2n) is 5.55. The lowest BCUT2D eigenvalue weighted by molar-refractivity contribution is -0.0102. The third-order valence-corrected chi connectivity index (χ3v) is 3.94. The number of rotatable bonds is 2. The molecule has 0 N–H and O–H groups in total. The van der Waals surface area contributed by atoms with Gasteiger partial charge in [-0.05, 0) is 6.42 Å². The lowest BCUT2D eigenvalue weighted by Crippen LogP contribution is -2.29. The molecule has 3 heterocycles. The summed E-state index contributed by atoms with van der Waals surface area (Å²) in [5.41, 5.74) is 0.196. The van der Waals surface area contributed by atoms with Crippen LogP contribution >= 0.6 is 0 Å². The van der Waals surface area contributed by atoms with E-state index in [1.54, 1.807) is 4.90 Å². The number of carbonyl (C=O) groups excluding carboxylic acids is 1. The van der Waals surface area contributed by atoms with Crippen LogP contribution in [-0.2, 0) is 4.74 Å². The molecular formula is C15H18F2N2O4. The molecule has 0 unspecified atom stereocenters. The molecule has 0 bridgehead atoms. The molecule has 23 heavy (non-hydrogen) atoms. The van der Waals surface area contributed by atoms with Crippen molar-refractivity contribution in [2.24, 2.45) is 0 Å². The van der Waals surface area contributed by atoms with Gasteiger partial charge in [-0.15, -0.1) is 0 Å². The monoisotopic (exact) mass is 328 g/mol. The molecule has 1 aromatic rings. The van der Waals surface area contributed by atoms with Gasteiger partial charge in [-0.1, -0.05) is 0 Å². The fourth-order valence-electron chi connectivity index (χ4n) is 2.74. The SMILES string of the molecule is COC(=O)c1cc2c(nc1N1CCCC(F)(F)CC1)OCCO2. The number of alkyl halides is 2. The fourth-order valence-corrected chi connectivity index (χ4v) is 2.74. The van der Waals surface area contributed by atoms with Crippen LogP contribution in [0.15, 0.2) is 6.07 Å². The summed E-state index contributed by atoms with van der Waals surface area (Å²) in [6, 6.07) is 1.51. The molecule has 0 aliphatic carbocycles. The van der Waals surface area contributed by atoms with E-state index in [4.69, 9.17) is 14.2 Å². The number of esters is 1. The minimum absolute atomic E-state index is 0.115. The van der Waals surface area contributed by atoms with E-state index in [1.165, 1.54) is 13.2 Å². The highest BCUT2D eigenvalue weighted by Crippen LogP contribution is 2.36. The number of ether oxygens (including phenoxy) is 3. The number of methoxy groups -OCH3 is 1. The van der Waals surface area contributed by atoms with Crippen LogP contribution in [-0.4, -0.2) is 50.3 Å². The van der Waals surface area contributed by atoms with Gasteiger partial charge in [0, 0.05) is 32.0 Å². The average Bonchev–Trinajstić information content (AvgIpc) is 2.73. The first kappa shape index (κ1) is 15.8. The topological polar surface area (TPSA) is 60.9 Å². The van der Waals surface area contributed by atoms with Gasteiger partial charge in [0.05, 0.1) is 7.11 Å². The predicted molar refractivity (Wildman–Crippen MR) is 77.6 cm³/mol. The van der Waals surface area contributed by atoms with Crippen LogP contribution in [0.2, 0.25) is 0 Å². The van der Waals surface area contributed by atoms with Gasteiger partial charge in [0.1, 0.15) is 24.6 Å². The second kappa shape index (κ2) is 6.17. The maximum Gasteiger partial charge on any atom is 0.341 e. The van der Waals surface area contributed by atoms with E-state index in [2.05, 4.69) is 4.98 Å². The minimum atomic E-state index is -2.69. The first-order chi connectivity index (χ1) is 11.0. The number of hydrogen-bond donors (Lipinski definition) is 0. The fraction of sp³-hybridized carbons (Fsp3) is 0.600. The highest BCUT2D eigenvalue weighted by atomic mass is 19.3. The van der Waals surface area contributed by atoms with Crippen molar-refractivity contribution in [1.29, 1.82) is 0 Å². The average molecular weight is 328 g/mol. The van der Waals surface area contributed by atoms with Crippen molar-refractivity contribution in [3.8, 4) is 11.6 Å². The molecule has 8 heteroatoms. The molecule has 0 amide bonds. The molecule has 2 aliphatic heterocycles. The molecular weight excluding hydrogens is 310 g/mol. The standard InChI is InChI=1S/C15H18F2N2O4/c1-21-14(20)10-9-11-13(23-8-7-22-11)18-12(10)19-5-2-3-15(16,17)4-6-19/h9H,2-8H2,1H3. The molecule has 6 nitrogen and oxygen atoms in total. The predicted octanol–water partition coefficient (Wildman–Crippen LogP) is 2.26. The summed E-state index contributed by atoms with van der Waals surface area (Å²) < 4.78 is 42.8. The molecule has 0 spiro atoms. The van der Waals surface area contributed by atoms with E-state index < -0.39 is 11.9 Å². The van der Waals surface area contributed by atoms with Crippen molar-refractivity contribution in [2.45, 2.75) is 25.2 Å². The minimum Gasteiger partial charge on any atom is -0.484 e. The van der Waals surface area contributed by atoms with E-state index in [-0.39, 0.29) is 30.8 Å². The summed E-state index contributed by atoms with van der Waals surface area (Å²) in [7, 11) is 1.26. The van der Waals surface area contributed by atoms with E-state index in [0.29, 0.717) is 37.7 Å². The van der Waals surface area contributed by atoms with Gasteiger partial charge in [-0.25, -0.2) is 13.6 Å². The number of carbonyl (C=O) groups is 1. The highest BCUT2D eigenvalue weighted by Gasteiger charge is 2.34. The number of aromatic nitrogens is 1. The van der Waals surface area contributed by atoms with E-state index in [1.807, 2.05) is 0 Å². The number of pyridine rings is 1. The largest absolute Gasteiger partial charge is 0.484 e. The Hall–Kier alpha value is -2.12. The molecule has 0 aromatic carbocycles. The molecule has 1 fully saturated rings. The first-order valence-corrected chi connectivity index (χ1v) is 7.52. The summed E-state index contributed by atoms with van der Waals surface area (Å²) in [6.07, 6.45) is -0.116. The Morgan fingerprint density at radius 3 is 2.87 bits per heavy atom. The Balaban J connectivity index is 1.97. The Morgan fingerprint density at radius 2 is 2.09 bits per heavy atom. The quantitative estimate of drug-likeness (QED) is 0.776. The Kier molecular flexibility index (Phi) is 4.23. The maximum absolute atomic E-state index is 13.6. The van der Waals surface area contributed by atoms with Crippen molar-refractivity contribution >= 4 is 11.8 Å². The number of nitrogens with zero attached hydrogens (tertiary/aromatic N) is 2. The third kappa shape index (κ3) is 3.30. The molecule has 3 rings (SSSR count). The lowest BCUT2D eigenvalue weighted by atomic mass is 10.1. The van der Waals surface area contributed by atoms with Gasteiger partial charge < -0.3 is 19.1 Å². The molecule has 1 saturated heterocycles. The lowest BCUT2D eigenvalue weighted by Gasteiger charge is -2.26. The van der Waals surface area contributed by atoms with Crippen LogP contribution in [0.4, 0.5) is 14.6 Å². The highest BCUT2D eigenvalue weighted by molar-refractivity contribution is 5.95. The summed E-state index contributed by atoms with van der Waals surface area (Å²) in [4.78, 5) is 18.1. The Labute approximate surface area is 132 Å². The summed E-state index contributed by atoms with van der Waals surface area (Å²) in [5.74, 6) is -2.33. The third-order valence-electron chi connectivity index (χ3n) is 3.94. The summed E-state index contributed by atoms with van der Waals surface area (Å²) in [5, 5.41) is 0. The molecule has 126 valence electrons. The van der Waals surface area contributed by atoms with Crippen molar-refractivity contribution in [1.82, 2.24) is 4.98 Å². The molecule has 0 atom stereocenters. The van der Waals surface area contributed by atoms with Gasteiger partial charge in [0.25, 0.3) is 5.88 Å². The van der Waals surface area contributed by atoms with Crippen LogP contribution in [0.3, 0.4) is 0 Å². The number of halogens is 2. The molecule has 0 saturated carbocycles. The van der Waals surface area contributed by atoms with Gasteiger partial charge in [-0.3, -0.25) is 0 Å². The van der Waals surface area contributed by atoms with Gasteiger partial charge in [0.15, 0.2) is 5.75 Å². The first-order valence-electron chi connectivity index (χ1n) is 7.52. The Morgan fingerprint density at radius 1 is 1.30 bits per heavy atom. The summed E-state index contributed by atoms with van der Waals surface area (Å²) >= 11 is 0. The van der Waals surface area contributed by atoms with E-state index in [9.17, 15) is 13.6 Å². The Bertz CT molecular complexity index is 609. The molecule has 2 aliphatic rings. The van der Waals surface area contributed by atoms with Gasteiger partial charge in [-0.2, -0.15) is 4.98 Å². The van der Waals surface area contributed by atoms with E-state index >= 15 is 0 Å². The van der Waals surface area contributed by atoms with Crippen LogP contribution in [0.25, 0.3) is 0 Å². The zero-order chi connectivity index (χ0) is 16.4. The van der Waals surface area contributed by atoms with Crippen LogP contribution < -0.4 is 14.4 Å². The normalized spacial score (nSPS) is 19.9.